The molecule has 0 unspecified atom stereocenters. The summed E-state index contributed by atoms with van der Waals surface area (Å²) in [6.45, 7) is 0. The summed E-state index contributed by atoms with van der Waals surface area (Å²) in [4.78, 5) is 0. The third-order valence-corrected chi connectivity index (χ3v) is 2.57. The molecule has 2 heteroatoms. The highest BCUT2D eigenvalue weighted by Crippen LogP contribution is 2.48. The van der Waals surface area contributed by atoms with Crippen molar-refractivity contribution < 1.29 is 5.21 Å². The minimum atomic E-state index is 0.616. The topological polar surface area (TPSA) is 32.6 Å². The van der Waals surface area contributed by atoms with Crippen LogP contribution in [-0.4, -0.2) is 11.4 Å². The van der Waals surface area contributed by atoms with Gasteiger partial charge in [-0.15, -0.1) is 5.16 Å². The molecule has 0 aromatic carbocycles. The molecule has 0 saturated heterocycles. The van der Waals surface area contributed by atoms with E-state index in [9.17, 15) is 0 Å². The summed E-state index contributed by atoms with van der Waals surface area (Å²) in [6, 6.07) is 0. The van der Waals surface area contributed by atoms with Gasteiger partial charge in [-0.05, 0) is 37.5 Å². The molecule has 0 atom stereocenters. The average Bonchev–Trinajstić information content (AvgIpc) is 2.77. The van der Waals surface area contributed by atoms with E-state index in [0.29, 0.717) is 5.92 Å². The van der Waals surface area contributed by atoms with E-state index in [0.717, 1.165) is 11.8 Å². The van der Waals surface area contributed by atoms with Gasteiger partial charge in [0, 0.05) is 12.1 Å². The van der Waals surface area contributed by atoms with Crippen LogP contribution in [0, 0.1) is 17.8 Å². The van der Waals surface area contributed by atoms with Gasteiger partial charge in [-0.3, -0.25) is 0 Å². The van der Waals surface area contributed by atoms with Crippen LogP contribution < -0.4 is 0 Å². The van der Waals surface area contributed by atoms with E-state index >= 15 is 0 Å². The van der Waals surface area contributed by atoms with E-state index in [2.05, 4.69) is 5.16 Å². The first-order valence-corrected chi connectivity index (χ1v) is 4.09. The molecule has 0 radical (unpaired) electrons. The van der Waals surface area contributed by atoms with Crippen molar-refractivity contribution in [1.29, 1.82) is 0 Å². The van der Waals surface area contributed by atoms with Crippen LogP contribution in [0.25, 0.3) is 0 Å². The summed E-state index contributed by atoms with van der Waals surface area (Å²) < 4.78 is 0. The van der Waals surface area contributed by atoms with Crippen LogP contribution in [0.1, 0.15) is 25.7 Å². The minimum Gasteiger partial charge on any atom is -0.411 e. The number of rotatable bonds is 3. The fourth-order valence-electron chi connectivity index (χ4n) is 1.67. The van der Waals surface area contributed by atoms with Gasteiger partial charge < -0.3 is 5.21 Å². The zero-order chi connectivity index (χ0) is 6.97. The largest absolute Gasteiger partial charge is 0.411 e. The quantitative estimate of drug-likeness (QED) is 0.361. The van der Waals surface area contributed by atoms with E-state index in [1.54, 1.807) is 6.21 Å². The Balaban J connectivity index is 1.92. The lowest BCUT2D eigenvalue weighted by Crippen LogP contribution is -2.06. The molecule has 0 heterocycles. The lowest BCUT2D eigenvalue weighted by Gasteiger charge is -2.05. The summed E-state index contributed by atoms with van der Waals surface area (Å²) >= 11 is 0. The Morgan fingerprint density at radius 2 is 1.70 bits per heavy atom. The summed E-state index contributed by atoms with van der Waals surface area (Å²) in [5.74, 6) is 2.34. The van der Waals surface area contributed by atoms with E-state index in [1.807, 2.05) is 0 Å². The predicted molar refractivity (Wildman–Crippen MR) is 39.2 cm³/mol. The maximum absolute atomic E-state index is 8.36. The molecule has 2 fully saturated rings. The van der Waals surface area contributed by atoms with E-state index in [4.69, 9.17) is 5.21 Å². The second-order valence-electron chi connectivity index (χ2n) is 3.52. The van der Waals surface area contributed by atoms with Crippen molar-refractivity contribution in [2.75, 3.05) is 0 Å². The lowest BCUT2D eigenvalue weighted by atomic mass is 10.00. The van der Waals surface area contributed by atoms with Gasteiger partial charge in [0.2, 0.25) is 0 Å². The first kappa shape index (κ1) is 6.20. The zero-order valence-electron chi connectivity index (χ0n) is 6.03. The van der Waals surface area contributed by atoms with Crippen LogP contribution >= 0.6 is 0 Å². The fraction of sp³-hybridized carbons (Fsp3) is 0.875. The molecule has 1 N–H and O–H groups in total. The molecule has 56 valence electrons. The molecular weight excluding hydrogens is 126 g/mol. The van der Waals surface area contributed by atoms with Gasteiger partial charge >= 0.3 is 0 Å². The average molecular weight is 139 g/mol. The normalized spacial score (nSPS) is 26.5. The van der Waals surface area contributed by atoms with Crippen LogP contribution in [-0.2, 0) is 0 Å². The molecule has 2 nitrogen and oxygen atoms in total. The Kier molecular flexibility index (Phi) is 1.40. The van der Waals surface area contributed by atoms with Gasteiger partial charge in [0.15, 0.2) is 0 Å². The lowest BCUT2D eigenvalue weighted by molar-refractivity contribution is 0.315. The Labute approximate surface area is 60.9 Å². The summed E-state index contributed by atoms with van der Waals surface area (Å²) in [5, 5.41) is 11.5. The van der Waals surface area contributed by atoms with Crippen molar-refractivity contribution in [1.82, 2.24) is 0 Å². The molecule has 0 spiro atoms. The Bertz CT molecular complexity index is 135. The molecule has 10 heavy (non-hydrogen) atoms. The van der Waals surface area contributed by atoms with Crippen LogP contribution in [0.4, 0.5) is 0 Å². The van der Waals surface area contributed by atoms with Crippen molar-refractivity contribution in [3.63, 3.8) is 0 Å². The van der Waals surface area contributed by atoms with Crippen molar-refractivity contribution >= 4 is 6.21 Å². The predicted octanol–water partition coefficient (Wildman–Crippen LogP) is 1.88. The maximum atomic E-state index is 8.36. The number of hydrogen-bond acceptors (Lipinski definition) is 2. The van der Waals surface area contributed by atoms with Gasteiger partial charge in [0.05, 0.1) is 0 Å². The van der Waals surface area contributed by atoms with Crippen LogP contribution in [0.5, 0.6) is 0 Å². The zero-order valence-corrected chi connectivity index (χ0v) is 6.03. The fourth-order valence-corrected chi connectivity index (χ4v) is 1.67. The summed E-state index contributed by atoms with van der Waals surface area (Å²) in [6.07, 6.45) is 7.16. The molecule has 2 saturated carbocycles. The van der Waals surface area contributed by atoms with Crippen molar-refractivity contribution in [3.8, 4) is 0 Å². The minimum absolute atomic E-state index is 0.616. The van der Waals surface area contributed by atoms with Gasteiger partial charge in [-0.25, -0.2) is 0 Å². The second kappa shape index (κ2) is 2.26. The Morgan fingerprint density at radius 3 is 2.00 bits per heavy atom. The van der Waals surface area contributed by atoms with Gasteiger partial charge in [-0.2, -0.15) is 0 Å². The number of nitrogens with zero attached hydrogens (tertiary/aromatic N) is 1. The molecule has 0 amide bonds. The molecule has 2 rings (SSSR count). The van der Waals surface area contributed by atoms with E-state index in [-0.39, 0.29) is 0 Å². The van der Waals surface area contributed by atoms with Crippen molar-refractivity contribution in [3.05, 3.63) is 0 Å². The van der Waals surface area contributed by atoms with E-state index < -0.39 is 0 Å². The first-order chi connectivity index (χ1) is 4.92. The smallest absolute Gasteiger partial charge is 0.0472 e. The number of oxime groups is 1. The van der Waals surface area contributed by atoms with Crippen molar-refractivity contribution in [2.24, 2.45) is 22.9 Å². The molecule has 0 aromatic heterocycles. The molecular formula is C8H13NO. The second-order valence-corrected chi connectivity index (χ2v) is 3.52. The van der Waals surface area contributed by atoms with Gasteiger partial charge in [0.1, 0.15) is 0 Å². The van der Waals surface area contributed by atoms with Crippen LogP contribution in [0.2, 0.25) is 0 Å². The SMILES string of the molecule is O/N=C/C(C1CC1)C1CC1. The van der Waals surface area contributed by atoms with E-state index in [1.165, 1.54) is 25.7 Å². The molecule has 2 aliphatic rings. The van der Waals surface area contributed by atoms with Crippen LogP contribution in [0.3, 0.4) is 0 Å². The summed E-state index contributed by atoms with van der Waals surface area (Å²) in [5.41, 5.74) is 0. The highest BCUT2D eigenvalue weighted by Gasteiger charge is 2.40. The Morgan fingerprint density at radius 1 is 1.20 bits per heavy atom. The monoisotopic (exact) mass is 139 g/mol. The highest BCUT2D eigenvalue weighted by molar-refractivity contribution is 5.62. The number of hydrogen-bond donors (Lipinski definition) is 1. The Hall–Kier alpha value is -0.530. The van der Waals surface area contributed by atoms with Crippen molar-refractivity contribution in [2.45, 2.75) is 25.7 Å². The van der Waals surface area contributed by atoms with Crippen LogP contribution in [0.15, 0.2) is 5.16 Å². The standard InChI is InChI=1S/C8H13NO/c10-9-5-8(6-1-2-6)7-3-4-7/h5-8,10H,1-4H2/b9-5+. The highest BCUT2D eigenvalue weighted by atomic mass is 16.4. The molecule has 0 aromatic rings. The molecule has 2 aliphatic carbocycles. The maximum Gasteiger partial charge on any atom is 0.0472 e. The van der Waals surface area contributed by atoms with Gasteiger partial charge in [-0.1, -0.05) is 0 Å². The summed E-state index contributed by atoms with van der Waals surface area (Å²) in [7, 11) is 0. The molecule has 0 aliphatic heterocycles. The first-order valence-electron chi connectivity index (χ1n) is 4.09. The third kappa shape index (κ3) is 1.15. The third-order valence-electron chi connectivity index (χ3n) is 2.57. The van der Waals surface area contributed by atoms with Gasteiger partial charge in [0.25, 0.3) is 0 Å². The molecule has 0 bridgehead atoms.